The second kappa shape index (κ2) is 8.45. The normalized spacial score (nSPS) is 22.5. The number of hydrogen-bond acceptors (Lipinski definition) is 4. The Morgan fingerprint density at radius 3 is 2.30 bits per heavy atom. The molecule has 0 unspecified atom stereocenters. The summed E-state index contributed by atoms with van der Waals surface area (Å²) >= 11 is 6.28. The van der Waals surface area contributed by atoms with E-state index in [4.69, 9.17) is 16.7 Å². The fourth-order valence-electron chi connectivity index (χ4n) is 3.80. The number of nitrogens with zero attached hydrogens (tertiary/aromatic N) is 3. The first-order valence-corrected chi connectivity index (χ1v) is 9.17. The van der Waals surface area contributed by atoms with Gasteiger partial charge in [-0.05, 0) is 37.6 Å². The molecule has 2 saturated heterocycles. The number of rotatable bonds is 5. The third kappa shape index (κ3) is 4.68. The lowest BCUT2D eigenvalue weighted by molar-refractivity contribution is 0.0517. The molecule has 1 aromatic carbocycles. The maximum Gasteiger partial charge on any atom is 0.0558 e. The first-order valence-electron chi connectivity index (χ1n) is 8.79. The molecule has 2 aliphatic rings. The van der Waals surface area contributed by atoms with Gasteiger partial charge in [0.25, 0.3) is 0 Å². The number of hydrogen-bond donors (Lipinski definition) is 1. The lowest BCUT2D eigenvalue weighted by atomic mass is 10.0. The summed E-state index contributed by atoms with van der Waals surface area (Å²) in [5.74, 6) is 0. The zero-order chi connectivity index (χ0) is 16.1. The minimum absolute atomic E-state index is 0.278. The molecule has 0 atom stereocenters. The van der Waals surface area contributed by atoms with E-state index in [0.29, 0.717) is 0 Å². The number of likely N-dealkylation sites (tertiary alicyclic amines) is 1. The summed E-state index contributed by atoms with van der Waals surface area (Å²) in [5.41, 5.74) is 1.24. The first kappa shape index (κ1) is 17.2. The molecular formula is C18H28ClN3O. The molecule has 1 aromatic rings. The molecule has 0 saturated carbocycles. The highest BCUT2D eigenvalue weighted by atomic mass is 35.5. The Bertz CT molecular complexity index is 483. The number of piperazine rings is 1. The molecule has 5 heteroatoms. The quantitative estimate of drug-likeness (QED) is 0.889. The Labute approximate surface area is 144 Å². The Kier molecular flexibility index (Phi) is 6.31. The number of halogens is 1. The number of aliphatic hydroxyl groups is 1. The average molecular weight is 338 g/mol. The fourth-order valence-corrected chi connectivity index (χ4v) is 4.00. The van der Waals surface area contributed by atoms with Crippen LogP contribution in [0.5, 0.6) is 0 Å². The summed E-state index contributed by atoms with van der Waals surface area (Å²) in [4.78, 5) is 7.55. The van der Waals surface area contributed by atoms with E-state index >= 15 is 0 Å². The van der Waals surface area contributed by atoms with Crippen molar-refractivity contribution < 1.29 is 5.11 Å². The van der Waals surface area contributed by atoms with E-state index < -0.39 is 0 Å². The van der Waals surface area contributed by atoms with E-state index in [1.807, 2.05) is 12.1 Å². The van der Waals surface area contributed by atoms with E-state index in [1.54, 1.807) is 0 Å². The maximum absolute atomic E-state index is 9.03. The molecule has 2 heterocycles. The molecule has 0 amide bonds. The van der Waals surface area contributed by atoms with Crippen LogP contribution >= 0.6 is 11.6 Å². The summed E-state index contributed by atoms with van der Waals surface area (Å²) in [7, 11) is 0. The monoisotopic (exact) mass is 337 g/mol. The van der Waals surface area contributed by atoms with Crippen molar-refractivity contribution in [1.29, 1.82) is 0 Å². The summed E-state index contributed by atoms with van der Waals surface area (Å²) in [6.07, 6.45) is 2.51. The topological polar surface area (TPSA) is 30.0 Å². The Hall–Kier alpha value is -0.650. The molecule has 0 aromatic heterocycles. The number of aliphatic hydroxyl groups excluding tert-OH is 1. The second-order valence-corrected chi connectivity index (χ2v) is 7.11. The van der Waals surface area contributed by atoms with Crippen LogP contribution in [0.1, 0.15) is 18.4 Å². The van der Waals surface area contributed by atoms with E-state index in [2.05, 4.69) is 26.8 Å². The van der Waals surface area contributed by atoms with Gasteiger partial charge in [0, 0.05) is 50.3 Å². The van der Waals surface area contributed by atoms with Crippen molar-refractivity contribution in [1.82, 2.24) is 14.7 Å². The first-order chi connectivity index (χ1) is 11.3. The van der Waals surface area contributed by atoms with Gasteiger partial charge in [0.05, 0.1) is 6.61 Å². The minimum Gasteiger partial charge on any atom is -0.395 e. The van der Waals surface area contributed by atoms with E-state index in [9.17, 15) is 0 Å². The van der Waals surface area contributed by atoms with Crippen molar-refractivity contribution in [3.63, 3.8) is 0 Å². The molecular weight excluding hydrogens is 310 g/mol. The molecule has 2 aliphatic heterocycles. The van der Waals surface area contributed by atoms with Gasteiger partial charge in [-0.15, -0.1) is 0 Å². The molecule has 0 radical (unpaired) electrons. The van der Waals surface area contributed by atoms with Gasteiger partial charge in [-0.1, -0.05) is 29.8 Å². The molecule has 23 heavy (non-hydrogen) atoms. The number of benzene rings is 1. The summed E-state index contributed by atoms with van der Waals surface area (Å²) in [6, 6.07) is 8.91. The zero-order valence-corrected chi connectivity index (χ0v) is 14.6. The molecule has 2 fully saturated rings. The third-order valence-corrected chi connectivity index (χ3v) is 5.62. The van der Waals surface area contributed by atoms with Gasteiger partial charge in [0.15, 0.2) is 0 Å². The van der Waals surface area contributed by atoms with Crippen molar-refractivity contribution in [3.05, 3.63) is 34.9 Å². The molecule has 1 N–H and O–H groups in total. The second-order valence-electron chi connectivity index (χ2n) is 6.70. The van der Waals surface area contributed by atoms with Crippen molar-refractivity contribution in [2.24, 2.45) is 0 Å². The van der Waals surface area contributed by atoms with Crippen LogP contribution < -0.4 is 0 Å². The molecule has 0 spiro atoms. The molecule has 0 bridgehead atoms. The highest BCUT2D eigenvalue weighted by Gasteiger charge is 2.27. The summed E-state index contributed by atoms with van der Waals surface area (Å²) in [5, 5.41) is 9.92. The largest absolute Gasteiger partial charge is 0.395 e. The summed E-state index contributed by atoms with van der Waals surface area (Å²) in [6.45, 7) is 8.88. The van der Waals surface area contributed by atoms with Crippen molar-refractivity contribution in [2.75, 3.05) is 52.4 Å². The Morgan fingerprint density at radius 2 is 1.65 bits per heavy atom. The predicted octanol–water partition coefficient (Wildman–Crippen LogP) is 1.91. The van der Waals surface area contributed by atoms with Gasteiger partial charge in [-0.25, -0.2) is 0 Å². The number of piperidine rings is 1. The predicted molar refractivity (Wildman–Crippen MR) is 94.8 cm³/mol. The van der Waals surface area contributed by atoms with Gasteiger partial charge in [-0.2, -0.15) is 0 Å². The van der Waals surface area contributed by atoms with Crippen LogP contribution in [-0.4, -0.2) is 78.3 Å². The SMILES string of the molecule is OCCN1CCN(C2CCN(Cc3ccccc3Cl)CC2)CC1. The van der Waals surface area contributed by atoms with Crippen LogP contribution in [0.25, 0.3) is 0 Å². The third-order valence-electron chi connectivity index (χ3n) is 5.25. The Balaban J connectivity index is 1.43. The highest BCUT2D eigenvalue weighted by Crippen LogP contribution is 2.22. The highest BCUT2D eigenvalue weighted by molar-refractivity contribution is 6.31. The average Bonchev–Trinajstić information content (AvgIpc) is 2.59. The van der Waals surface area contributed by atoms with E-state index in [-0.39, 0.29) is 6.61 Å². The zero-order valence-electron chi connectivity index (χ0n) is 13.8. The van der Waals surface area contributed by atoms with Crippen LogP contribution in [-0.2, 0) is 6.54 Å². The van der Waals surface area contributed by atoms with Crippen LogP contribution in [0, 0.1) is 0 Å². The fraction of sp³-hybridized carbons (Fsp3) is 0.667. The van der Waals surface area contributed by atoms with Gasteiger partial charge < -0.3 is 5.11 Å². The van der Waals surface area contributed by atoms with Crippen LogP contribution in [0.3, 0.4) is 0 Å². The minimum atomic E-state index is 0.278. The maximum atomic E-state index is 9.03. The van der Waals surface area contributed by atoms with Gasteiger partial charge in [0.1, 0.15) is 0 Å². The lowest BCUT2D eigenvalue weighted by Crippen LogP contribution is -2.53. The van der Waals surface area contributed by atoms with Crippen molar-refractivity contribution >= 4 is 11.6 Å². The van der Waals surface area contributed by atoms with Gasteiger partial charge in [0.2, 0.25) is 0 Å². The van der Waals surface area contributed by atoms with E-state index in [1.165, 1.54) is 18.4 Å². The number of β-amino-alcohol motifs (C(OH)–C–C–N with tert-alkyl or cyclic N) is 1. The molecule has 128 valence electrons. The standard InChI is InChI=1S/C18H28ClN3O/c19-18-4-2-1-3-16(18)15-21-7-5-17(6-8-21)22-11-9-20(10-12-22)13-14-23/h1-4,17,23H,5-15H2. The smallest absolute Gasteiger partial charge is 0.0558 e. The van der Waals surface area contributed by atoms with Gasteiger partial charge in [-0.3, -0.25) is 14.7 Å². The van der Waals surface area contributed by atoms with Gasteiger partial charge >= 0.3 is 0 Å². The lowest BCUT2D eigenvalue weighted by Gasteiger charge is -2.42. The van der Waals surface area contributed by atoms with Crippen molar-refractivity contribution in [2.45, 2.75) is 25.4 Å². The van der Waals surface area contributed by atoms with Crippen LogP contribution in [0.4, 0.5) is 0 Å². The van der Waals surface area contributed by atoms with Crippen molar-refractivity contribution in [3.8, 4) is 0 Å². The molecule has 3 rings (SSSR count). The van der Waals surface area contributed by atoms with E-state index in [0.717, 1.165) is 63.4 Å². The molecule has 4 nitrogen and oxygen atoms in total. The molecule has 0 aliphatic carbocycles. The van der Waals surface area contributed by atoms with Crippen LogP contribution in [0.15, 0.2) is 24.3 Å². The Morgan fingerprint density at radius 1 is 0.957 bits per heavy atom. The summed E-state index contributed by atoms with van der Waals surface area (Å²) < 4.78 is 0. The van der Waals surface area contributed by atoms with Crippen LogP contribution in [0.2, 0.25) is 5.02 Å².